The van der Waals surface area contributed by atoms with Crippen molar-refractivity contribution in [2.75, 3.05) is 6.61 Å². The third-order valence-corrected chi connectivity index (χ3v) is 5.61. The van der Waals surface area contributed by atoms with Crippen LogP contribution >= 0.6 is 0 Å². The van der Waals surface area contributed by atoms with Gasteiger partial charge in [-0.2, -0.15) is 0 Å². The van der Waals surface area contributed by atoms with Crippen LogP contribution in [0.5, 0.6) is 0 Å². The SMILES string of the molecule is CC(C)C(NC(=O)OCC1c2ccccc2-c2ccccc21)C(=O)N[C@H](C(=O)O)[C@@H](C)O. The summed E-state index contributed by atoms with van der Waals surface area (Å²) in [5, 5.41) is 23.6. The maximum absolute atomic E-state index is 12.6. The minimum Gasteiger partial charge on any atom is -0.480 e. The van der Waals surface area contributed by atoms with E-state index in [1.807, 2.05) is 48.5 Å². The van der Waals surface area contributed by atoms with Crippen LogP contribution in [0.25, 0.3) is 11.1 Å². The Balaban J connectivity index is 1.67. The van der Waals surface area contributed by atoms with E-state index in [0.29, 0.717) is 0 Å². The lowest BCUT2D eigenvalue weighted by atomic mass is 9.98. The summed E-state index contributed by atoms with van der Waals surface area (Å²) in [5.41, 5.74) is 4.35. The fraction of sp³-hybridized carbons (Fsp3) is 0.375. The summed E-state index contributed by atoms with van der Waals surface area (Å²) in [6.07, 6.45) is -2.07. The quantitative estimate of drug-likeness (QED) is 0.500. The number of alkyl carbamates (subject to hydrolysis) is 1. The number of nitrogens with one attached hydrogen (secondary N) is 2. The smallest absolute Gasteiger partial charge is 0.407 e. The molecule has 4 N–H and O–H groups in total. The highest BCUT2D eigenvalue weighted by atomic mass is 16.5. The molecule has 2 aromatic rings. The van der Waals surface area contributed by atoms with Crippen LogP contribution < -0.4 is 10.6 Å². The predicted molar refractivity (Wildman–Crippen MR) is 118 cm³/mol. The fourth-order valence-corrected chi connectivity index (χ4v) is 3.93. The number of carboxylic acid groups (broad SMARTS) is 1. The van der Waals surface area contributed by atoms with Crippen molar-refractivity contribution >= 4 is 18.0 Å². The maximum Gasteiger partial charge on any atom is 0.407 e. The van der Waals surface area contributed by atoms with Gasteiger partial charge in [-0.15, -0.1) is 0 Å². The summed E-state index contributed by atoms with van der Waals surface area (Å²) in [6, 6.07) is 13.4. The zero-order valence-corrected chi connectivity index (χ0v) is 18.2. The maximum atomic E-state index is 12.6. The Morgan fingerprint density at radius 1 is 0.906 bits per heavy atom. The summed E-state index contributed by atoms with van der Waals surface area (Å²) in [5.74, 6) is -2.52. The highest BCUT2D eigenvalue weighted by Crippen LogP contribution is 2.44. The summed E-state index contributed by atoms with van der Waals surface area (Å²) >= 11 is 0. The van der Waals surface area contributed by atoms with Crippen LogP contribution in [0.3, 0.4) is 0 Å². The third kappa shape index (κ3) is 4.91. The van der Waals surface area contributed by atoms with Crippen LogP contribution in [0.2, 0.25) is 0 Å². The van der Waals surface area contributed by atoms with Crippen molar-refractivity contribution in [3.8, 4) is 11.1 Å². The number of aliphatic hydroxyl groups is 1. The van der Waals surface area contributed by atoms with Crippen LogP contribution in [0.1, 0.15) is 37.8 Å². The molecule has 0 heterocycles. The van der Waals surface area contributed by atoms with Crippen molar-refractivity contribution in [1.82, 2.24) is 10.6 Å². The average molecular weight is 440 g/mol. The standard InChI is InChI=1S/C24H28N2O6/c1-13(2)20(22(28)25-21(14(3)27)23(29)30)26-24(31)32-12-19-17-10-6-4-8-15(17)16-9-5-7-11-18(16)19/h4-11,13-14,19-21,27H,12H2,1-3H3,(H,25,28)(H,26,31)(H,29,30)/t14-,20?,21+/m1/s1. The van der Waals surface area contributed by atoms with E-state index in [0.717, 1.165) is 22.3 Å². The first-order valence-corrected chi connectivity index (χ1v) is 10.5. The average Bonchev–Trinajstić information content (AvgIpc) is 3.07. The van der Waals surface area contributed by atoms with Crippen molar-refractivity contribution < 1.29 is 29.3 Å². The van der Waals surface area contributed by atoms with Crippen molar-refractivity contribution in [2.24, 2.45) is 5.92 Å². The molecular formula is C24H28N2O6. The first-order valence-electron chi connectivity index (χ1n) is 10.5. The Kier molecular flexibility index (Phi) is 7.15. The largest absolute Gasteiger partial charge is 0.480 e. The highest BCUT2D eigenvalue weighted by Gasteiger charge is 2.32. The number of carbonyl (C=O) groups excluding carboxylic acids is 2. The van der Waals surface area contributed by atoms with Gasteiger partial charge in [-0.1, -0.05) is 62.4 Å². The van der Waals surface area contributed by atoms with E-state index in [-0.39, 0.29) is 18.4 Å². The zero-order valence-electron chi connectivity index (χ0n) is 18.2. The minimum atomic E-state index is -1.48. The number of amides is 2. The topological polar surface area (TPSA) is 125 Å². The zero-order chi connectivity index (χ0) is 23.4. The van der Waals surface area contributed by atoms with Crippen LogP contribution in [-0.2, 0) is 14.3 Å². The molecule has 0 aromatic heterocycles. The number of fused-ring (bicyclic) bond motifs is 3. The van der Waals surface area contributed by atoms with E-state index in [9.17, 15) is 24.6 Å². The molecule has 1 unspecified atom stereocenters. The molecule has 0 saturated carbocycles. The molecule has 170 valence electrons. The molecule has 0 saturated heterocycles. The molecule has 2 aromatic carbocycles. The molecule has 32 heavy (non-hydrogen) atoms. The molecule has 8 nitrogen and oxygen atoms in total. The molecule has 0 aliphatic heterocycles. The molecular weight excluding hydrogens is 412 g/mol. The molecule has 8 heteroatoms. The highest BCUT2D eigenvalue weighted by molar-refractivity contribution is 5.89. The Morgan fingerprint density at radius 2 is 1.44 bits per heavy atom. The summed E-state index contributed by atoms with van der Waals surface area (Å²) in [6.45, 7) is 4.79. The fourth-order valence-electron chi connectivity index (χ4n) is 3.93. The number of carboxylic acids is 1. The van der Waals surface area contributed by atoms with Gasteiger partial charge in [-0.05, 0) is 35.1 Å². The van der Waals surface area contributed by atoms with E-state index in [2.05, 4.69) is 10.6 Å². The summed E-state index contributed by atoms with van der Waals surface area (Å²) in [4.78, 5) is 36.3. The number of benzene rings is 2. The lowest BCUT2D eigenvalue weighted by molar-refractivity contribution is -0.145. The van der Waals surface area contributed by atoms with Crippen molar-refractivity contribution in [3.05, 3.63) is 59.7 Å². The molecule has 0 radical (unpaired) electrons. The van der Waals surface area contributed by atoms with E-state index >= 15 is 0 Å². The van der Waals surface area contributed by atoms with Gasteiger partial charge in [0.05, 0.1) is 6.10 Å². The number of hydrogen-bond donors (Lipinski definition) is 4. The Hall–Kier alpha value is -3.39. The minimum absolute atomic E-state index is 0.0950. The molecule has 3 rings (SSSR count). The van der Waals surface area contributed by atoms with E-state index < -0.39 is 36.2 Å². The second-order valence-electron chi connectivity index (χ2n) is 8.26. The first kappa shape index (κ1) is 23.3. The summed E-state index contributed by atoms with van der Waals surface area (Å²) < 4.78 is 5.47. The van der Waals surface area contributed by atoms with Gasteiger partial charge in [0.15, 0.2) is 6.04 Å². The van der Waals surface area contributed by atoms with Crippen molar-refractivity contribution in [2.45, 2.75) is 44.9 Å². The molecule has 1 aliphatic carbocycles. The van der Waals surface area contributed by atoms with Gasteiger partial charge >= 0.3 is 12.1 Å². The van der Waals surface area contributed by atoms with Gasteiger partial charge in [-0.3, -0.25) is 4.79 Å². The van der Waals surface area contributed by atoms with E-state index in [1.165, 1.54) is 6.92 Å². The second kappa shape index (κ2) is 9.82. The predicted octanol–water partition coefficient (Wildman–Crippen LogP) is 2.50. The molecule has 0 fully saturated rings. The van der Waals surface area contributed by atoms with Gasteiger partial charge in [0.1, 0.15) is 12.6 Å². The lowest BCUT2D eigenvalue weighted by Crippen LogP contribution is -2.56. The van der Waals surface area contributed by atoms with Crippen LogP contribution in [0.15, 0.2) is 48.5 Å². The normalized spacial score (nSPS) is 15.3. The van der Waals surface area contributed by atoms with Gasteiger partial charge in [0.2, 0.25) is 5.91 Å². The van der Waals surface area contributed by atoms with Crippen LogP contribution in [0, 0.1) is 5.92 Å². The number of carbonyl (C=O) groups is 3. The second-order valence-corrected chi connectivity index (χ2v) is 8.26. The van der Waals surface area contributed by atoms with Crippen LogP contribution in [-0.4, -0.2) is 53.0 Å². The van der Waals surface area contributed by atoms with Crippen molar-refractivity contribution in [1.29, 1.82) is 0 Å². The number of hydrogen-bond acceptors (Lipinski definition) is 5. The van der Waals surface area contributed by atoms with Gasteiger partial charge in [0, 0.05) is 5.92 Å². The monoisotopic (exact) mass is 440 g/mol. The van der Waals surface area contributed by atoms with Crippen molar-refractivity contribution in [3.63, 3.8) is 0 Å². The third-order valence-electron chi connectivity index (χ3n) is 5.61. The van der Waals surface area contributed by atoms with Gasteiger partial charge in [-0.25, -0.2) is 9.59 Å². The number of ether oxygens (including phenoxy) is 1. The molecule has 1 aliphatic rings. The number of aliphatic hydroxyl groups excluding tert-OH is 1. The Bertz CT molecular complexity index is 958. The number of aliphatic carboxylic acids is 1. The van der Waals surface area contributed by atoms with E-state index in [4.69, 9.17) is 4.74 Å². The van der Waals surface area contributed by atoms with Gasteiger partial charge in [0.25, 0.3) is 0 Å². The molecule has 0 bridgehead atoms. The van der Waals surface area contributed by atoms with Gasteiger partial charge < -0.3 is 25.6 Å². The molecule has 0 spiro atoms. The Labute approximate surface area is 186 Å². The van der Waals surface area contributed by atoms with Crippen LogP contribution in [0.4, 0.5) is 4.79 Å². The van der Waals surface area contributed by atoms with E-state index in [1.54, 1.807) is 13.8 Å². The molecule has 3 atom stereocenters. The Morgan fingerprint density at radius 3 is 1.91 bits per heavy atom. The molecule has 2 amide bonds. The lowest BCUT2D eigenvalue weighted by Gasteiger charge is -2.25. The summed E-state index contributed by atoms with van der Waals surface area (Å²) in [7, 11) is 0. The first-order chi connectivity index (χ1) is 15.2. The number of rotatable bonds is 8.